The average molecular weight is 483 g/mol. The third kappa shape index (κ3) is 4.45. The summed E-state index contributed by atoms with van der Waals surface area (Å²) >= 11 is 0. The molecule has 1 aliphatic carbocycles. The zero-order valence-electron chi connectivity index (χ0n) is 20.2. The van der Waals surface area contributed by atoms with E-state index in [1.54, 1.807) is 13.1 Å². The first kappa shape index (κ1) is 24.0. The summed E-state index contributed by atoms with van der Waals surface area (Å²) in [4.78, 5) is 26.6. The molecular formula is C30H30N2O4. The Morgan fingerprint density at radius 3 is 1.86 bits per heavy atom. The van der Waals surface area contributed by atoms with Gasteiger partial charge in [0.05, 0.1) is 18.8 Å². The Morgan fingerprint density at radius 2 is 1.36 bits per heavy atom. The second kappa shape index (κ2) is 10.1. The van der Waals surface area contributed by atoms with E-state index in [0.29, 0.717) is 25.0 Å². The van der Waals surface area contributed by atoms with Crippen LogP contribution in [-0.4, -0.2) is 27.4 Å². The van der Waals surface area contributed by atoms with Crippen molar-refractivity contribution in [3.63, 3.8) is 0 Å². The van der Waals surface area contributed by atoms with Gasteiger partial charge in [-0.1, -0.05) is 91.0 Å². The summed E-state index contributed by atoms with van der Waals surface area (Å²) in [6, 6.07) is 30.1. The first-order valence-corrected chi connectivity index (χ1v) is 12.3. The third-order valence-corrected chi connectivity index (χ3v) is 7.17. The molecule has 6 heteroatoms. The number of aromatic nitrogens is 2. The van der Waals surface area contributed by atoms with Crippen LogP contribution < -0.4 is 11.2 Å². The minimum Gasteiger partial charge on any atom is -0.391 e. The molecule has 0 amide bonds. The number of H-pyrrole nitrogens is 1. The Labute approximate surface area is 209 Å². The molecule has 184 valence electrons. The average Bonchev–Trinajstić information content (AvgIpc) is 3.28. The normalized spacial score (nSPS) is 19.9. The van der Waals surface area contributed by atoms with Gasteiger partial charge in [0.15, 0.2) is 0 Å². The minimum atomic E-state index is -0.835. The van der Waals surface area contributed by atoms with Gasteiger partial charge >= 0.3 is 5.69 Å². The highest BCUT2D eigenvalue weighted by molar-refractivity contribution is 5.47. The van der Waals surface area contributed by atoms with Gasteiger partial charge in [0.2, 0.25) is 0 Å². The van der Waals surface area contributed by atoms with Crippen LogP contribution in [0.5, 0.6) is 0 Å². The molecule has 0 bridgehead atoms. The maximum Gasteiger partial charge on any atom is 0.328 e. The van der Waals surface area contributed by atoms with Crippen LogP contribution in [0, 0.1) is 12.8 Å². The van der Waals surface area contributed by atoms with E-state index >= 15 is 0 Å². The molecule has 6 nitrogen and oxygen atoms in total. The van der Waals surface area contributed by atoms with E-state index in [0.717, 1.165) is 16.7 Å². The van der Waals surface area contributed by atoms with Crippen molar-refractivity contribution in [3.05, 3.63) is 140 Å². The summed E-state index contributed by atoms with van der Waals surface area (Å²) in [5.41, 5.74) is 1.76. The molecule has 36 heavy (non-hydrogen) atoms. The molecule has 0 spiro atoms. The Morgan fingerprint density at radius 1 is 0.861 bits per heavy atom. The summed E-state index contributed by atoms with van der Waals surface area (Å²) in [5, 5.41) is 10.9. The molecule has 3 atom stereocenters. The maximum atomic E-state index is 12.5. The van der Waals surface area contributed by atoms with Crippen LogP contribution in [0.1, 0.15) is 41.1 Å². The van der Waals surface area contributed by atoms with Gasteiger partial charge in [-0.25, -0.2) is 4.79 Å². The highest BCUT2D eigenvalue weighted by atomic mass is 16.5. The lowest BCUT2D eigenvalue weighted by atomic mass is 9.80. The summed E-state index contributed by atoms with van der Waals surface area (Å²) in [7, 11) is 0. The SMILES string of the molecule is Cc1cn([C@@H]2C[C@H](COC(c3ccccc3)(c3ccccc3)c3ccccc3)C[C@H]2O)c(=O)[nH]c1=O. The zero-order chi connectivity index (χ0) is 25.1. The van der Waals surface area contributed by atoms with Crippen molar-refractivity contribution in [1.29, 1.82) is 0 Å². The van der Waals surface area contributed by atoms with Gasteiger partial charge in [-0.3, -0.25) is 14.3 Å². The number of ether oxygens (including phenoxy) is 1. The lowest BCUT2D eigenvalue weighted by Crippen LogP contribution is -2.35. The molecule has 1 aliphatic rings. The van der Waals surface area contributed by atoms with Gasteiger partial charge in [-0.15, -0.1) is 0 Å². The van der Waals surface area contributed by atoms with E-state index in [4.69, 9.17) is 4.74 Å². The van der Waals surface area contributed by atoms with Gasteiger partial charge in [-0.05, 0) is 42.4 Å². The van der Waals surface area contributed by atoms with Gasteiger partial charge < -0.3 is 9.84 Å². The number of rotatable bonds is 7. The predicted octanol–water partition coefficient (Wildman–Crippen LogP) is 4.17. The first-order valence-electron chi connectivity index (χ1n) is 12.3. The molecule has 1 heterocycles. The van der Waals surface area contributed by atoms with Crippen LogP contribution in [0.2, 0.25) is 0 Å². The Balaban J connectivity index is 1.49. The molecular weight excluding hydrogens is 452 g/mol. The number of benzene rings is 3. The topological polar surface area (TPSA) is 84.3 Å². The fraction of sp³-hybridized carbons (Fsp3) is 0.267. The van der Waals surface area contributed by atoms with Crippen molar-refractivity contribution in [3.8, 4) is 0 Å². The van der Waals surface area contributed by atoms with Gasteiger partial charge in [0.1, 0.15) is 5.60 Å². The monoisotopic (exact) mass is 482 g/mol. The van der Waals surface area contributed by atoms with Crippen LogP contribution >= 0.6 is 0 Å². The lowest BCUT2D eigenvalue weighted by Gasteiger charge is -2.37. The van der Waals surface area contributed by atoms with Crippen molar-refractivity contribution < 1.29 is 9.84 Å². The van der Waals surface area contributed by atoms with Crippen LogP contribution in [0.25, 0.3) is 0 Å². The number of nitrogens with zero attached hydrogens (tertiary/aromatic N) is 1. The molecule has 1 aromatic heterocycles. The molecule has 3 aromatic carbocycles. The quantitative estimate of drug-likeness (QED) is 0.388. The van der Waals surface area contributed by atoms with Gasteiger partial charge in [-0.2, -0.15) is 0 Å². The zero-order valence-corrected chi connectivity index (χ0v) is 20.2. The molecule has 2 N–H and O–H groups in total. The van der Waals surface area contributed by atoms with Crippen molar-refractivity contribution in [2.24, 2.45) is 5.92 Å². The number of aryl methyl sites for hydroxylation is 1. The molecule has 5 rings (SSSR count). The fourth-order valence-electron chi connectivity index (χ4n) is 5.37. The molecule has 1 fully saturated rings. The van der Waals surface area contributed by atoms with E-state index < -0.39 is 29.0 Å². The smallest absolute Gasteiger partial charge is 0.328 e. The number of aromatic amines is 1. The van der Waals surface area contributed by atoms with E-state index in [-0.39, 0.29) is 5.92 Å². The highest BCUT2D eigenvalue weighted by Gasteiger charge is 2.41. The van der Waals surface area contributed by atoms with E-state index in [1.807, 2.05) is 54.6 Å². The minimum absolute atomic E-state index is 0.0274. The lowest BCUT2D eigenvalue weighted by molar-refractivity contribution is -0.00917. The summed E-state index contributed by atoms with van der Waals surface area (Å²) in [6.07, 6.45) is 1.91. The van der Waals surface area contributed by atoms with Crippen molar-refractivity contribution in [2.75, 3.05) is 6.61 Å². The number of nitrogens with one attached hydrogen (secondary N) is 1. The maximum absolute atomic E-state index is 12.5. The van der Waals surface area contributed by atoms with E-state index in [2.05, 4.69) is 41.4 Å². The standard InChI is InChI=1S/C30H30N2O4/c1-21-19-32(29(35)31-28(21)34)26-17-22(18-27(26)33)20-36-30(23-11-5-2-6-12-23,24-13-7-3-8-14-24)25-15-9-4-10-16-25/h2-16,19,22,26-27,33H,17-18,20H2,1H3,(H,31,34,35)/t22-,26+,27+/m0/s1. The van der Waals surface area contributed by atoms with E-state index in [9.17, 15) is 14.7 Å². The fourth-order valence-corrected chi connectivity index (χ4v) is 5.37. The number of aliphatic hydroxyl groups excluding tert-OH is 1. The Kier molecular flexibility index (Phi) is 6.72. The summed E-state index contributed by atoms with van der Waals surface area (Å²) in [5.74, 6) is 0.0274. The van der Waals surface area contributed by atoms with Crippen molar-refractivity contribution in [1.82, 2.24) is 9.55 Å². The largest absolute Gasteiger partial charge is 0.391 e. The van der Waals surface area contributed by atoms with E-state index in [1.165, 1.54) is 4.57 Å². The highest BCUT2D eigenvalue weighted by Crippen LogP contribution is 2.42. The van der Waals surface area contributed by atoms with Crippen LogP contribution in [0.3, 0.4) is 0 Å². The Bertz CT molecular complexity index is 1320. The Hall–Kier alpha value is -3.74. The molecule has 0 aliphatic heterocycles. The van der Waals surface area contributed by atoms with Crippen LogP contribution in [0.15, 0.2) is 107 Å². The number of hydrogen-bond acceptors (Lipinski definition) is 4. The molecule has 1 saturated carbocycles. The van der Waals surface area contributed by atoms with Crippen LogP contribution in [0.4, 0.5) is 0 Å². The summed E-state index contributed by atoms with van der Waals surface area (Å²) < 4.78 is 8.38. The van der Waals surface area contributed by atoms with Gasteiger partial charge in [0.25, 0.3) is 5.56 Å². The molecule has 4 aromatic rings. The molecule has 0 radical (unpaired) electrons. The second-order valence-electron chi connectivity index (χ2n) is 9.54. The second-order valence-corrected chi connectivity index (χ2v) is 9.54. The third-order valence-electron chi connectivity index (χ3n) is 7.17. The van der Waals surface area contributed by atoms with Crippen molar-refractivity contribution >= 4 is 0 Å². The number of aliphatic hydroxyl groups is 1. The predicted molar refractivity (Wildman–Crippen MR) is 139 cm³/mol. The van der Waals surface area contributed by atoms with Gasteiger partial charge in [0, 0.05) is 11.8 Å². The summed E-state index contributed by atoms with van der Waals surface area (Å²) in [6.45, 7) is 2.05. The molecule has 0 saturated heterocycles. The van der Waals surface area contributed by atoms with Crippen LogP contribution in [-0.2, 0) is 10.3 Å². The molecule has 0 unspecified atom stereocenters. The first-order chi connectivity index (χ1) is 17.5. The number of hydrogen-bond donors (Lipinski definition) is 2. The van der Waals surface area contributed by atoms with Crippen molar-refractivity contribution in [2.45, 2.75) is 37.5 Å².